The van der Waals surface area contributed by atoms with Crippen LogP contribution in [0.1, 0.15) is 0 Å². The van der Waals surface area contributed by atoms with E-state index >= 15 is 0 Å². The Balaban J connectivity index is 0. The van der Waals surface area contributed by atoms with Gasteiger partial charge in [-0.3, -0.25) is 0 Å². The summed E-state index contributed by atoms with van der Waals surface area (Å²) in [5, 5.41) is 7.67. The summed E-state index contributed by atoms with van der Waals surface area (Å²) in [5.41, 5.74) is 0. The van der Waals surface area contributed by atoms with Crippen molar-refractivity contribution in [3.63, 3.8) is 0 Å². The fraction of sp³-hybridized carbons (Fsp3) is 0.500. The van der Waals surface area contributed by atoms with Crippen molar-refractivity contribution in [1.82, 2.24) is 0 Å². The SMILES string of the molecule is Br.N#C[CH2][Cd]. The predicted molar refractivity (Wildman–Crippen MR) is 20.7 cm³/mol. The van der Waals surface area contributed by atoms with Gasteiger partial charge in [-0.15, -0.1) is 17.0 Å². The molecule has 0 unspecified atom stereocenters. The van der Waals surface area contributed by atoms with E-state index in [9.17, 15) is 0 Å². The molecule has 0 bridgehead atoms. The van der Waals surface area contributed by atoms with Crippen molar-refractivity contribution < 1.29 is 25.8 Å². The molecular weight excluding hydrogens is 230 g/mol. The zero-order valence-corrected chi connectivity index (χ0v) is 8.52. The van der Waals surface area contributed by atoms with Gasteiger partial charge in [0.25, 0.3) is 0 Å². The maximum atomic E-state index is 7.67. The minimum absolute atomic E-state index is 0. The van der Waals surface area contributed by atoms with E-state index in [-0.39, 0.29) is 17.0 Å². The summed E-state index contributed by atoms with van der Waals surface area (Å²) in [7, 11) is 0. The van der Waals surface area contributed by atoms with E-state index in [2.05, 4.69) is 0 Å². The molecule has 0 spiro atoms. The zero-order valence-electron chi connectivity index (χ0n) is 2.77. The number of hydrogen-bond acceptors (Lipinski definition) is 1. The Kier molecular flexibility index (Phi) is 16.5. The first-order valence-electron chi connectivity index (χ1n) is 1.08. The van der Waals surface area contributed by atoms with Crippen molar-refractivity contribution in [1.29, 1.82) is 5.26 Å². The first-order chi connectivity index (χ1) is 1.91. The number of nitriles is 1. The van der Waals surface area contributed by atoms with Gasteiger partial charge in [0.15, 0.2) is 0 Å². The van der Waals surface area contributed by atoms with Gasteiger partial charge in [0.2, 0.25) is 0 Å². The molecule has 0 aromatic heterocycles. The van der Waals surface area contributed by atoms with Crippen molar-refractivity contribution in [2.24, 2.45) is 0 Å². The quantitative estimate of drug-likeness (QED) is 0.574. The van der Waals surface area contributed by atoms with Crippen LogP contribution in [0, 0.1) is 11.3 Å². The van der Waals surface area contributed by atoms with E-state index in [1.165, 1.54) is 0 Å². The number of rotatable bonds is 0. The standard InChI is InChI=1S/C2H2N.BrH.Cd/c1-2-3;;/h1H2;1H;. The fourth-order valence-corrected chi connectivity index (χ4v) is 0. The Morgan fingerprint density at radius 1 is 1.80 bits per heavy atom. The molecular formula is C2H3BrCdN. The normalized spacial score (nSPS) is 4.20. The van der Waals surface area contributed by atoms with Gasteiger partial charge < -0.3 is 0 Å². The maximum absolute atomic E-state index is 7.67. The van der Waals surface area contributed by atoms with Crippen LogP contribution in [0.3, 0.4) is 0 Å². The van der Waals surface area contributed by atoms with Crippen molar-refractivity contribution in [2.45, 2.75) is 3.98 Å². The summed E-state index contributed by atoms with van der Waals surface area (Å²) in [4.78, 5) is 0. The Morgan fingerprint density at radius 2 is 2.00 bits per heavy atom. The molecule has 5 heavy (non-hydrogen) atoms. The Morgan fingerprint density at radius 3 is 2.00 bits per heavy atom. The van der Waals surface area contributed by atoms with Gasteiger partial charge in [-0.05, 0) is 0 Å². The molecule has 0 amide bonds. The third kappa shape index (κ3) is 11.4. The van der Waals surface area contributed by atoms with Crippen molar-refractivity contribution in [3.05, 3.63) is 0 Å². The molecule has 0 fully saturated rings. The first-order valence-corrected chi connectivity index (χ1v) is 3.93. The van der Waals surface area contributed by atoms with E-state index in [1.54, 1.807) is 0 Å². The van der Waals surface area contributed by atoms with E-state index in [0.717, 1.165) is 29.7 Å². The minimum atomic E-state index is 0. The molecule has 0 aliphatic carbocycles. The number of halogens is 1. The van der Waals surface area contributed by atoms with Crippen molar-refractivity contribution in [2.75, 3.05) is 0 Å². The molecule has 25 valence electrons. The average molecular weight is 233 g/mol. The van der Waals surface area contributed by atoms with Crippen LogP contribution in [0.25, 0.3) is 0 Å². The summed E-state index contributed by atoms with van der Waals surface area (Å²) >= 11 is 0.851. The molecule has 0 saturated heterocycles. The molecule has 0 atom stereocenters. The van der Waals surface area contributed by atoms with Crippen LogP contribution in [-0.2, 0) is 25.8 Å². The van der Waals surface area contributed by atoms with E-state index in [4.69, 9.17) is 5.26 Å². The number of hydrogen-bond donors (Lipinski definition) is 0. The summed E-state index contributed by atoms with van der Waals surface area (Å²) in [5.74, 6) is 0. The van der Waals surface area contributed by atoms with Crippen LogP contribution in [0.2, 0.25) is 3.98 Å². The second kappa shape index (κ2) is 8.86. The van der Waals surface area contributed by atoms with Crippen LogP contribution in [0.5, 0.6) is 0 Å². The Bertz CT molecular complexity index is 39.4. The van der Waals surface area contributed by atoms with Crippen molar-refractivity contribution in [3.8, 4) is 6.07 Å². The summed E-state index contributed by atoms with van der Waals surface area (Å²) in [6.45, 7) is 0. The molecule has 1 nitrogen and oxygen atoms in total. The number of nitrogens with zero attached hydrogens (tertiary/aromatic N) is 1. The molecule has 0 aromatic carbocycles. The summed E-state index contributed by atoms with van der Waals surface area (Å²) in [6.07, 6.45) is 0. The van der Waals surface area contributed by atoms with Gasteiger partial charge in [-0.2, -0.15) is 0 Å². The fourth-order valence-electron chi connectivity index (χ4n) is 0. The second-order valence-electron chi connectivity index (χ2n) is 0.408. The van der Waals surface area contributed by atoms with Crippen LogP contribution in [0.4, 0.5) is 0 Å². The van der Waals surface area contributed by atoms with Gasteiger partial charge in [-0.25, -0.2) is 0 Å². The molecule has 0 saturated carbocycles. The predicted octanol–water partition coefficient (Wildman–Crippen LogP) is 1.05. The van der Waals surface area contributed by atoms with E-state index < -0.39 is 0 Å². The third-order valence-electron chi connectivity index (χ3n) is 0.112. The summed E-state index contributed by atoms with van der Waals surface area (Å²) < 4.78 is 0.795. The molecule has 0 aliphatic heterocycles. The monoisotopic (exact) mass is 234 g/mol. The van der Waals surface area contributed by atoms with Gasteiger partial charge in [0.1, 0.15) is 0 Å². The molecule has 0 rings (SSSR count). The van der Waals surface area contributed by atoms with Gasteiger partial charge >= 0.3 is 41.1 Å². The molecule has 0 heterocycles. The third-order valence-corrected chi connectivity index (χ3v) is 0.750. The average Bonchev–Trinajstić information content (AvgIpc) is 1.37. The van der Waals surface area contributed by atoms with Crippen molar-refractivity contribution >= 4 is 17.0 Å². The Hall–Kier alpha value is 0.892. The van der Waals surface area contributed by atoms with Gasteiger partial charge in [-0.1, -0.05) is 0 Å². The van der Waals surface area contributed by atoms with Gasteiger partial charge in [0, 0.05) is 0 Å². The van der Waals surface area contributed by atoms with E-state index in [1.807, 2.05) is 6.07 Å². The molecule has 0 aliphatic rings. The molecule has 0 aromatic rings. The van der Waals surface area contributed by atoms with Crippen LogP contribution < -0.4 is 0 Å². The first kappa shape index (κ1) is 9.31. The van der Waals surface area contributed by atoms with E-state index in [0.29, 0.717) is 0 Å². The topological polar surface area (TPSA) is 23.8 Å². The van der Waals surface area contributed by atoms with Crippen LogP contribution in [0.15, 0.2) is 0 Å². The second-order valence-corrected chi connectivity index (χ2v) is 1.84. The zero-order chi connectivity index (χ0) is 3.41. The van der Waals surface area contributed by atoms with Gasteiger partial charge in [0.05, 0.1) is 0 Å². The van der Waals surface area contributed by atoms with Crippen LogP contribution >= 0.6 is 17.0 Å². The molecule has 0 N–H and O–H groups in total. The molecule has 3 heteroatoms. The van der Waals surface area contributed by atoms with Crippen LogP contribution in [-0.4, -0.2) is 0 Å². The Labute approximate surface area is 57.8 Å². The summed E-state index contributed by atoms with van der Waals surface area (Å²) in [6, 6.07) is 2.01. The molecule has 0 radical (unpaired) electrons.